The lowest BCUT2D eigenvalue weighted by atomic mass is 10.1. The minimum atomic E-state index is -0.638. The molecule has 2 heterocycles. The van der Waals surface area contributed by atoms with Crippen LogP contribution in [0.5, 0.6) is 0 Å². The van der Waals surface area contributed by atoms with Crippen LogP contribution in [0.4, 0.5) is 0 Å². The Morgan fingerprint density at radius 1 is 1.39 bits per heavy atom. The van der Waals surface area contributed by atoms with E-state index < -0.39 is 6.10 Å². The van der Waals surface area contributed by atoms with Crippen LogP contribution in [-0.2, 0) is 11.2 Å². The van der Waals surface area contributed by atoms with Crippen molar-refractivity contribution < 1.29 is 9.90 Å². The Balaban J connectivity index is 1.53. The van der Waals surface area contributed by atoms with Crippen LogP contribution < -0.4 is 5.32 Å². The minimum Gasteiger partial charge on any atom is -0.387 e. The highest BCUT2D eigenvalue weighted by Gasteiger charge is 2.11. The third-order valence-electron chi connectivity index (χ3n) is 4.05. The van der Waals surface area contributed by atoms with Crippen LogP contribution >= 0.6 is 11.3 Å². The van der Waals surface area contributed by atoms with Gasteiger partial charge in [-0.15, -0.1) is 0 Å². The molecule has 5 heteroatoms. The van der Waals surface area contributed by atoms with Crippen LogP contribution in [0.25, 0.3) is 10.9 Å². The molecule has 23 heavy (non-hydrogen) atoms. The summed E-state index contributed by atoms with van der Waals surface area (Å²) in [5.41, 5.74) is 4.34. The van der Waals surface area contributed by atoms with Gasteiger partial charge in [-0.05, 0) is 46.9 Å². The van der Waals surface area contributed by atoms with E-state index in [4.69, 9.17) is 0 Å². The molecule has 0 aliphatic carbocycles. The smallest absolute Gasteiger partial charge is 0.220 e. The molecule has 0 radical (unpaired) electrons. The van der Waals surface area contributed by atoms with E-state index >= 15 is 0 Å². The standard InChI is InChI=1S/C18H20N2O2S/c1-12-3-2-4-15-13(9-20-18(12)15)5-6-17(22)19-10-16(21)14-7-8-23-11-14/h2-4,7-9,11,16,20-21H,5-6,10H2,1H3,(H,19,22). The van der Waals surface area contributed by atoms with Gasteiger partial charge in [-0.2, -0.15) is 11.3 Å². The molecule has 0 bridgehead atoms. The predicted octanol–water partition coefficient (Wildman–Crippen LogP) is 3.32. The van der Waals surface area contributed by atoms with E-state index in [0.717, 1.165) is 16.6 Å². The van der Waals surface area contributed by atoms with Gasteiger partial charge < -0.3 is 15.4 Å². The molecule has 2 aromatic heterocycles. The number of benzene rings is 1. The molecule has 0 fully saturated rings. The Bertz CT molecular complexity index is 793. The minimum absolute atomic E-state index is 0.0405. The van der Waals surface area contributed by atoms with Crippen LogP contribution in [-0.4, -0.2) is 22.5 Å². The third kappa shape index (κ3) is 3.63. The average molecular weight is 328 g/mol. The summed E-state index contributed by atoms with van der Waals surface area (Å²) in [6, 6.07) is 8.05. The number of carbonyl (C=O) groups is 1. The Morgan fingerprint density at radius 2 is 2.26 bits per heavy atom. The molecule has 1 atom stereocenters. The quantitative estimate of drug-likeness (QED) is 0.650. The molecular weight excluding hydrogens is 308 g/mol. The van der Waals surface area contributed by atoms with Gasteiger partial charge in [-0.1, -0.05) is 18.2 Å². The molecule has 4 nitrogen and oxygen atoms in total. The molecule has 1 aromatic carbocycles. The van der Waals surface area contributed by atoms with E-state index in [2.05, 4.69) is 29.4 Å². The normalized spacial score (nSPS) is 12.4. The van der Waals surface area contributed by atoms with Gasteiger partial charge in [0.15, 0.2) is 0 Å². The van der Waals surface area contributed by atoms with Crippen LogP contribution in [0, 0.1) is 6.92 Å². The number of thiophene rings is 1. The van der Waals surface area contributed by atoms with Crippen molar-refractivity contribution in [3.05, 3.63) is 57.9 Å². The van der Waals surface area contributed by atoms with Gasteiger partial charge in [0.25, 0.3) is 0 Å². The first kappa shape index (κ1) is 15.8. The fraction of sp³-hybridized carbons (Fsp3) is 0.278. The summed E-state index contributed by atoms with van der Waals surface area (Å²) in [6.45, 7) is 2.32. The van der Waals surface area contributed by atoms with Crippen molar-refractivity contribution in [2.45, 2.75) is 25.9 Å². The number of aromatic amines is 1. The van der Waals surface area contributed by atoms with Gasteiger partial charge in [0.05, 0.1) is 6.10 Å². The van der Waals surface area contributed by atoms with Gasteiger partial charge in [0.2, 0.25) is 5.91 Å². The third-order valence-corrected chi connectivity index (χ3v) is 4.75. The summed E-state index contributed by atoms with van der Waals surface area (Å²) in [5, 5.41) is 17.8. The number of rotatable bonds is 6. The second-order valence-corrected chi connectivity index (χ2v) is 6.47. The second kappa shape index (κ2) is 6.98. The number of aryl methyl sites for hydroxylation is 2. The first-order valence-corrected chi connectivity index (χ1v) is 8.62. The van der Waals surface area contributed by atoms with Gasteiger partial charge in [-0.3, -0.25) is 4.79 Å². The lowest BCUT2D eigenvalue weighted by Gasteiger charge is -2.10. The number of para-hydroxylation sites is 1. The number of fused-ring (bicyclic) bond motifs is 1. The largest absolute Gasteiger partial charge is 0.387 e. The number of hydrogen-bond acceptors (Lipinski definition) is 3. The molecule has 0 saturated heterocycles. The van der Waals surface area contributed by atoms with E-state index in [0.29, 0.717) is 12.8 Å². The molecule has 3 N–H and O–H groups in total. The van der Waals surface area contributed by atoms with E-state index in [1.54, 1.807) is 0 Å². The molecule has 0 aliphatic rings. The molecule has 0 aliphatic heterocycles. The lowest BCUT2D eigenvalue weighted by Crippen LogP contribution is -2.28. The van der Waals surface area contributed by atoms with Crippen LogP contribution in [0.15, 0.2) is 41.2 Å². The fourth-order valence-electron chi connectivity index (χ4n) is 2.70. The van der Waals surface area contributed by atoms with Crippen molar-refractivity contribution in [3.63, 3.8) is 0 Å². The molecule has 120 valence electrons. The van der Waals surface area contributed by atoms with Crippen molar-refractivity contribution in [3.8, 4) is 0 Å². The van der Waals surface area contributed by atoms with E-state index in [1.807, 2.05) is 29.1 Å². The lowest BCUT2D eigenvalue weighted by molar-refractivity contribution is -0.121. The zero-order valence-corrected chi connectivity index (χ0v) is 13.8. The first-order valence-electron chi connectivity index (χ1n) is 7.67. The molecule has 1 unspecified atom stereocenters. The zero-order valence-electron chi connectivity index (χ0n) is 13.0. The van der Waals surface area contributed by atoms with Crippen LogP contribution in [0.3, 0.4) is 0 Å². The summed E-state index contributed by atoms with van der Waals surface area (Å²) in [4.78, 5) is 15.3. The maximum absolute atomic E-state index is 12.0. The Labute approximate surface area is 139 Å². The zero-order chi connectivity index (χ0) is 16.2. The summed E-state index contributed by atoms with van der Waals surface area (Å²) in [6.07, 6.45) is 2.44. The number of nitrogens with one attached hydrogen (secondary N) is 2. The Morgan fingerprint density at radius 3 is 3.04 bits per heavy atom. The number of carbonyl (C=O) groups excluding carboxylic acids is 1. The number of aliphatic hydroxyl groups excluding tert-OH is 1. The molecule has 3 aromatic rings. The SMILES string of the molecule is Cc1cccc2c(CCC(=O)NCC(O)c3ccsc3)c[nH]c12. The van der Waals surface area contributed by atoms with Crippen molar-refractivity contribution in [1.29, 1.82) is 0 Å². The van der Waals surface area contributed by atoms with Crippen molar-refractivity contribution in [2.24, 2.45) is 0 Å². The van der Waals surface area contributed by atoms with E-state index in [1.165, 1.54) is 22.3 Å². The number of hydrogen-bond donors (Lipinski definition) is 3. The predicted molar refractivity (Wildman–Crippen MR) is 93.6 cm³/mol. The number of amides is 1. The number of aromatic nitrogens is 1. The average Bonchev–Trinajstić information content (AvgIpc) is 3.21. The molecule has 0 saturated carbocycles. The van der Waals surface area contributed by atoms with Crippen molar-refractivity contribution in [1.82, 2.24) is 10.3 Å². The first-order chi connectivity index (χ1) is 11.1. The Kier molecular flexibility index (Phi) is 4.79. The van der Waals surface area contributed by atoms with Gasteiger partial charge in [0, 0.05) is 30.1 Å². The maximum atomic E-state index is 12.0. The van der Waals surface area contributed by atoms with E-state index in [9.17, 15) is 9.90 Å². The molecule has 0 spiro atoms. The number of H-pyrrole nitrogens is 1. The fourth-order valence-corrected chi connectivity index (χ4v) is 3.41. The molecular formula is C18H20N2O2S. The number of aliphatic hydroxyl groups is 1. The van der Waals surface area contributed by atoms with Crippen molar-refractivity contribution >= 4 is 28.1 Å². The summed E-state index contributed by atoms with van der Waals surface area (Å²) >= 11 is 1.54. The van der Waals surface area contributed by atoms with Gasteiger partial charge in [0.1, 0.15) is 0 Å². The summed E-state index contributed by atoms with van der Waals surface area (Å²) in [7, 11) is 0. The van der Waals surface area contributed by atoms with Gasteiger partial charge in [-0.25, -0.2) is 0 Å². The highest BCUT2D eigenvalue weighted by Crippen LogP contribution is 2.22. The second-order valence-electron chi connectivity index (χ2n) is 5.69. The molecule has 1 amide bonds. The Hall–Kier alpha value is -2.11. The topological polar surface area (TPSA) is 65.1 Å². The summed E-state index contributed by atoms with van der Waals surface area (Å²) < 4.78 is 0. The maximum Gasteiger partial charge on any atom is 0.220 e. The highest BCUT2D eigenvalue weighted by atomic mass is 32.1. The van der Waals surface area contributed by atoms with Crippen LogP contribution in [0.1, 0.15) is 29.2 Å². The van der Waals surface area contributed by atoms with E-state index in [-0.39, 0.29) is 12.5 Å². The van der Waals surface area contributed by atoms with Gasteiger partial charge >= 0.3 is 0 Å². The monoisotopic (exact) mass is 328 g/mol. The van der Waals surface area contributed by atoms with Crippen molar-refractivity contribution in [2.75, 3.05) is 6.54 Å². The van der Waals surface area contributed by atoms with Crippen LogP contribution in [0.2, 0.25) is 0 Å². The molecule has 3 rings (SSSR count). The highest BCUT2D eigenvalue weighted by molar-refractivity contribution is 7.07. The summed E-state index contributed by atoms with van der Waals surface area (Å²) in [5.74, 6) is -0.0405.